The minimum absolute atomic E-state index is 0.00323. The molecule has 31 heavy (non-hydrogen) atoms. The lowest BCUT2D eigenvalue weighted by atomic mass is 10.1. The third kappa shape index (κ3) is 13.2. The smallest absolute Gasteiger partial charge is 0.310 e. The van der Waals surface area contributed by atoms with Gasteiger partial charge in [-0.1, -0.05) is 48.6 Å². The van der Waals surface area contributed by atoms with Crippen molar-refractivity contribution in [2.45, 2.75) is 38.5 Å². The predicted octanol–water partition coefficient (Wildman–Crippen LogP) is 5.52. The molecule has 0 heterocycles. The first kappa shape index (κ1) is 29.1. The number of rotatable bonds is 7. The monoisotopic (exact) mass is 567 g/mol. The van der Waals surface area contributed by atoms with E-state index in [0.717, 1.165) is 16.7 Å². The van der Waals surface area contributed by atoms with Gasteiger partial charge in [0.2, 0.25) is 0 Å². The molecule has 5 nitrogen and oxygen atoms in total. The summed E-state index contributed by atoms with van der Waals surface area (Å²) >= 11 is 3.86. The molecule has 172 valence electrons. The molecule has 0 aliphatic carbocycles. The van der Waals surface area contributed by atoms with E-state index in [4.69, 9.17) is 15.6 Å². The molecule has 2 rings (SSSR count). The summed E-state index contributed by atoms with van der Waals surface area (Å²) in [5.41, 5.74) is 6.10. The largest absolute Gasteiger partial charge is 0.481 e. The van der Waals surface area contributed by atoms with Crippen LogP contribution in [0.3, 0.4) is 0 Å². The molecular weight excluding hydrogens is 539 g/mol. The van der Waals surface area contributed by atoms with E-state index in [1.54, 1.807) is 24.8 Å². The highest BCUT2D eigenvalue weighted by Crippen LogP contribution is 2.21. The Kier molecular flexibility index (Phi) is 15.8. The number of ether oxygens (including phenoxy) is 1. The van der Waals surface area contributed by atoms with Crippen molar-refractivity contribution in [2.75, 3.05) is 22.5 Å². The van der Waals surface area contributed by atoms with E-state index in [-0.39, 0.29) is 24.2 Å². The van der Waals surface area contributed by atoms with Crippen molar-refractivity contribution < 1.29 is 28.2 Å². The van der Waals surface area contributed by atoms with Crippen molar-refractivity contribution in [1.29, 1.82) is 0 Å². The van der Waals surface area contributed by atoms with E-state index in [1.807, 2.05) is 13.0 Å². The Hall–Kier alpha value is -1.88. The number of thioether (sulfide) groups is 1. The maximum atomic E-state index is 13.6. The van der Waals surface area contributed by atoms with Gasteiger partial charge in [-0.2, -0.15) is 0 Å². The van der Waals surface area contributed by atoms with Gasteiger partial charge in [0.05, 0.1) is 19.4 Å². The third-order valence-electron chi connectivity index (χ3n) is 3.39. The fourth-order valence-electron chi connectivity index (χ4n) is 2.17. The number of nitrogens with two attached hydrogens (primary N) is 1. The molecule has 0 saturated carbocycles. The fourth-order valence-corrected chi connectivity index (χ4v) is 2.85. The molecule has 0 fully saturated rings. The first-order valence-corrected chi connectivity index (χ1v) is 12.1. The topological polar surface area (TPSA) is 89.6 Å². The standard InChI is InChI=1S/C12H15FO2S.C8H8FNO2.C2H5I/c1-3-15-12(14)7-9-5-6-10(16-4-2)8-11(9)13;9-7-4-6(10)2-1-5(7)3-8(11)12;1-2-3/h5-6,8H,3-4,7H2,1-2H3;1-2,4H,3,10H2,(H,11,12);2H2,1H3. The van der Waals surface area contributed by atoms with Gasteiger partial charge in [0, 0.05) is 10.6 Å². The number of carbonyl (C=O) groups excluding carboxylic acids is 1. The van der Waals surface area contributed by atoms with Crippen LogP contribution < -0.4 is 5.73 Å². The molecule has 2 aromatic rings. The van der Waals surface area contributed by atoms with Crippen LogP contribution in [0.25, 0.3) is 0 Å². The Balaban J connectivity index is 0.000000531. The van der Waals surface area contributed by atoms with Crippen LogP contribution in [-0.2, 0) is 27.2 Å². The van der Waals surface area contributed by atoms with Crippen LogP contribution in [0, 0.1) is 11.6 Å². The van der Waals surface area contributed by atoms with Gasteiger partial charge in [0.15, 0.2) is 0 Å². The maximum Gasteiger partial charge on any atom is 0.310 e. The summed E-state index contributed by atoms with van der Waals surface area (Å²) in [6.07, 6.45) is -0.317. The Morgan fingerprint density at radius 1 is 1.03 bits per heavy atom. The molecule has 0 unspecified atom stereocenters. The molecule has 9 heteroatoms. The van der Waals surface area contributed by atoms with E-state index in [1.165, 1.54) is 22.6 Å². The lowest BCUT2D eigenvalue weighted by Crippen LogP contribution is -2.08. The van der Waals surface area contributed by atoms with Gasteiger partial charge in [-0.3, -0.25) is 9.59 Å². The zero-order valence-corrected chi connectivity index (χ0v) is 20.8. The maximum absolute atomic E-state index is 13.6. The number of hydrogen-bond acceptors (Lipinski definition) is 5. The normalized spacial score (nSPS) is 9.61. The van der Waals surface area contributed by atoms with Gasteiger partial charge in [0.1, 0.15) is 11.6 Å². The number of carboxylic acid groups (broad SMARTS) is 1. The first-order valence-electron chi connectivity index (χ1n) is 9.56. The van der Waals surface area contributed by atoms with Crippen molar-refractivity contribution in [3.05, 3.63) is 59.2 Å². The molecule has 0 aliphatic heterocycles. The molecule has 0 amide bonds. The molecule has 0 saturated heterocycles. The van der Waals surface area contributed by atoms with Gasteiger partial charge in [0.25, 0.3) is 0 Å². The van der Waals surface area contributed by atoms with E-state index < -0.39 is 17.8 Å². The summed E-state index contributed by atoms with van der Waals surface area (Å²) in [7, 11) is 0. The number of benzene rings is 2. The zero-order chi connectivity index (χ0) is 23.8. The van der Waals surface area contributed by atoms with Crippen LogP contribution in [0.1, 0.15) is 31.9 Å². The van der Waals surface area contributed by atoms with Gasteiger partial charge < -0.3 is 15.6 Å². The van der Waals surface area contributed by atoms with E-state index >= 15 is 0 Å². The minimum Gasteiger partial charge on any atom is -0.481 e. The lowest BCUT2D eigenvalue weighted by molar-refractivity contribution is -0.142. The second-order valence-corrected chi connectivity index (χ2v) is 8.72. The lowest BCUT2D eigenvalue weighted by Gasteiger charge is -2.05. The Morgan fingerprint density at radius 2 is 1.58 bits per heavy atom. The van der Waals surface area contributed by atoms with Crippen LogP contribution in [-0.4, -0.2) is 33.8 Å². The average molecular weight is 567 g/mol. The number of aliphatic carboxylic acids is 1. The molecule has 3 N–H and O–H groups in total. The molecular formula is C22H28F2INO4S. The zero-order valence-electron chi connectivity index (χ0n) is 17.8. The number of anilines is 1. The summed E-state index contributed by atoms with van der Waals surface area (Å²) in [5, 5.41) is 8.36. The highest BCUT2D eigenvalue weighted by molar-refractivity contribution is 14.1. The number of nitrogen functional groups attached to an aromatic ring is 1. The van der Waals surface area contributed by atoms with Gasteiger partial charge in [-0.15, -0.1) is 11.8 Å². The van der Waals surface area contributed by atoms with E-state index in [9.17, 15) is 18.4 Å². The summed E-state index contributed by atoms with van der Waals surface area (Å²) in [6.45, 7) is 6.18. The average Bonchev–Trinajstić information content (AvgIpc) is 2.68. The van der Waals surface area contributed by atoms with Crippen molar-refractivity contribution >= 4 is 52.0 Å². The molecule has 2 aromatic carbocycles. The van der Waals surface area contributed by atoms with E-state index in [0.29, 0.717) is 17.9 Å². The number of esters is 1. The molecule has 0 bridgehead atoms. The summed E-state index contributed by atoms with van der Waals surface area (Å²) in [5.74, 6) is -1.46. The minimum atomic E-state index is -1.06. The number of alkyl halides is 1. The third-order valence-corrected chi connectivity index (χ3v) is 4.27. The summed E-state index contributed by atoms with van der Waals surface area (Å²) < 4.78 is 32.4. The fraction of sp³-hybridized carbons (Fsp3) is 0.364. The van der Waals surface area contributed by atoms with Crippen molar-refractivity contribution in [1.82, 2.24) is 0 Å². The van der Waals surface area contributed by atoms with Crippen LogP contribution in [0.4, 0.5) is 14.5 Å². The second kappa shape index (κ2) is 16.8. The van der Waals surface area contributed by atoms with Crippen molar-refractivity contribution in [3.8, 4) is 0 Å². The van der Waals surface area contributed by atoms with Gasteiger partial charge in [-0.25, -0.2) is 8.78 Å². The van der Waals surface area contributed by atoms with Crippen molar-refractivity contribution in [2.24, 2.45) is 0 Å². The molecule has 0 aromatic heterocycles. The number of hydrogen-bond donors (Lipinski definition) is 2. The number of carbonyl (C=O) groups is 2. The number of carboxylic acids is 1. The van der Waals surface area contributed by atoms with Crippen LogP contribution in [0.2, 0.25) is 0 Å². The molecule has 0 radical (unpaired) electrons. The molecule has 0 atom stereocenters. The Morgan fingerprint density at radius 3 is 2.06 bits per heavy atom. The molecule has 0 spiro atoms. The first-order chi connectivity index (χ1) is 14.7. The summed E-state index contributed by atoms with van der Waals surface area (Å²) in [4.78, 5) is 22.3. The predicted molar refractivity (Wildman–Crippen MR) is 130 cm³/mol. The highest BCUT2D eigenvalue weighted by Gasteiger charge is 2.09. The second-order valence-electron chi connectivity index (χ2n) is 5.86. The Bertz CT molecular complexity index is 837. The number of halogens is 3. The van der Waals surface area contributed by atoms with Crippen LogP contribution in [0.15, 0.2) is 41.3 Å². The van der Waals surface area contributed by atoms with Crippen LogP contribution >= 0.6 is 34.4 Å². The molecule has 0 aliphatic rings. The van der Waals surface area contributed by atoms with E-state index in [2.05, 4.69) is 29.5 Å². The quantitative estimate of drug-likeness (QED) is 0.151. The SMILES string of the molecule is CCI.CCOC(=O)Cc1ccc(SCC)cc1F.Nc1ccc(CC(=O)O)c(F)c1. The van der Waals surface area contributed by atoms with Crippen LogP contribution in [0.5, 0.6) is 0 Å². The van der Waals surface area contributed by atoms with Gasteiger partial charge in [-0.05, 0) is 52.5 Å². The van der Waals surface area contributed by atoms with Gasteiger partial charge >= 0.3 is 11.9 Å². The van der Waals surface area contributed by atoms with Crippen molar-refractivity contribution in [3.63, 3.8) is 0 Å². The summed E-state index contributed by atoms with van der Waals surface area (Å²) in [6, 6.07) is 8.89. The highest BCUT2D eigenvalue weighted by atomic mass is 127. The Labute approximate surface area is 199 Å².